The van der Waals surface area contributed by atoms with E-state index in [-0.39, 0.29) is 12.3 Å². The third-order valence-electron chi connectivity index (χ3n) is 2.79. The van der Waals surface area contributed by atoms with Crippen molar-refractivity contribution in [1.82, 2.24) is 0 Å². The number of nitro groups is 1. The molecule has 2 rings (SSSR count). The predicted molar refractivity (Wildman–Crippen MR) is 89.2 cm³/mol. The lowest BCUT2D eigenvalue weighted by atomic mass is 10.2. The molecule has 0 saturated carbocycles. The second-order valence-electron chi connectivity index (χ2n) is 4.21. The van der Waals surface area contributed by atoms with E-state index >= 15 is 0 Å². The van der Waals surface area contributed by atoms with Gasteiger partial charge >= 0.3 is 0 Å². The van der Waals surface area contributed by atoms with Crippen molar-refractivity contribution in [2.45, 2.75) is 11.9 Å². The minimum Gasteiger partial charge on any atom is -0.489 e. The fourth-order valence-electron chi connectivity index (χ4n) is 1.75. The number of ether oxygens (including phenoxy) is 1. The Labute approximate surface area is 143 Å². The quantitative estimate of drug-likeness (QED) is 0.355. The van der Waals surface area contributed by atoms with E-state index in [4.69, 9.17) is 16.3 Å². The second-order valence-corrected chi connectivity index (χ2v) is 6.06. The van der Waals surface area contributed by atoms with Gasteiger partial charge in [-0.05, 0) is 35.9 Å². The number of hydrogen-bond acceptors (Lipinski definition) is 3. The van der Waals surface area contributed by atoms with Crippen molar-refractivity contribution in [2.24, 2.45) is 0 Å². The standard InChI is InChI=1S/C14H10Br2ClNO3/c15-7-9-6-12(2-3-13(9)16)21-8-10-5-11(17)1-4-14(10)18(19)20/h1-6H,7-8H2. The smallest absolute Gasteiger partial charge is 0.276 e. The van der Waals surface area contributed by atoms with Crippen molar-refractivity contribution in [1.29, 1.82) is 0 Å². The molecule has 7 heteroatoms. The zero-order valence-corrected chi connectivity index (χ0v) is 14.6. The first-order chi connectivity index (χ1) is 10.0. The van der Waals surface area contributed by atoms with Gasteiger partial charge in [0, 0.05) is 20.9 Å². The maximum atomic E-state index is 11.0. The number of hydrogen-bond donors (Lipinski definition) is 0. The first kappa shape index (κ1) is 16.3. The van der Waals surface area contributed by atoms with Crippen molar-refractivity contribution >= 4 is 49.1 Å². The van der Waals surface area contributed by atoms with E-state index in [1.165, 1.54) is 12.1 Å². The molecule has 21 heavy (non-hydrogen) atoms. The molecule has 0 aromatic heterocycles. The summed E-state index contributed by atoms with van der Waals surface area (Å²) in [6.07, 6.45) is 0. The van der Waals surface area contributed by atoms with Gasteiger partial charge in [-0.3, -0.25) is 10.1 Å². The Hall–Kier alpha value is -1.11. The maximum Gasteiger partial charge on any atom is 0.276 e. The highest BCUT2D eigenvalue weighted by Crippen LogP contribution is 2.27. The number of alkyl halides is 1. The monoisotopic (exact) mass is 433 g/mol. The third-order valence-corrected chi connectivity index (χ3v) is 4.41. The molecule has 2 aromatic rings. The normalized spacial score (nSPS) is 10.4. The van der Waals surface area contributed by atoms with E-state index in [2.05, 4.69) is 31.9 Å². The van der Waals surface area contributed by atoms with Crippen LogP contribution in [0.3, 0.4) is 0 Å². The molecule has 0 aliphatic heterocycles. The topological polar surface area (TPSA) is 52.4 Å². The van der Waals surface area contributed by atoms with Crippen molar-refractivity contribution in [3.63, 3.8) is 0 Å². The van der Waals surface area contributed by atoms with Gasteiger partial charge < -0.3 is 4.74 Å². The van der Waals surface area contributed by atoms with Crippen LogP contribution in [-0.2, 0) is 11.9 Å². The summed E-state index contributed by atoms with van der Waals surface area (Å²) in [5.74, 6) is 0.641. The third kappa shape index (κ3) is 4.18. The SMILES string of the molecule is O=[N+]([O-])c1ccc(Cl)cc1COc1ccc(Br)c(CBr)c1. The predicted octanol–water partition coefficient (Wildman–Crippen LogP) is 5.48. The zero-order chi connectivity index (χ0) is 15.4. The fourth-order valence-corrected chi connectivity index (χ4v) is 3.17. The molecule has 0 fully saturated rings. The lowest BCUT2D eigenvalue weighted by Gasteiger charge is -2.09. The summed E-state index contributed by atoms with van der Waals surface area (Å²) in [6, 6.07) is 9.96. The van der Waals surface area contributed by atoms with Crippen LogP contribution in [0.5, 0.6) is 5.75 Å². The first-order valence-electron chi connectivity index (χ1n) is 5.91. The fraction of sp³-hybridized carbons (Fsp3) is 0.143. The van der Waals surface area contributed by atoms with E-state index < -0.39 is 4.92 Å². The Morgan fingerprint density at radius 3 is 2.62 bits per heavy atom. The summed E-state index contributed by atoms with van der Waals surface area (Å²) in [5, 5.41) is 12.1. The molecule has 0 unspecified atom stereocenters. The molecule has 0 spiro atoms. The van der Waals surface area contributed by atoms with E-state index in [0.29, 0.717) is 21.7 Å². The highest BCUT2D eigenvalue weighted by Gasteiger charge is 2.14. The van der Waals surface area contributed by atoms with Crippen molar-refractivity contribution in [2.75, 3.05) is 0 Å². The van der Waals surface area contributed by atoms with Gasteiger partial charge in [-0.25, -0.2) is 0 Å². The molecule has 0 N–H and O–H groups in total. The molecule has 2 aromatic carbocycles. The summed E-state index contributed by atoms with van der Waals surface area (Å²) < 4.78 is 6.60. The van der Waals surface area contributed by atoms with Crippen LogP contribution in [0.15, 0.2) is 40.9 Å². The van der Waals surface area contributed by atoms with Crippen molar-refractivity contribution in [3.05, 3.63) is 67.1 Å². The van der Waals surface area contributed by atoms with Crippen LogP contribution in [0, 0.1) is 10.1 Å². The molecular weight excluding hydrogens is 425 g/mol. The van der Waals surface area contributed by atoms with Gasteiger partial charge in [0.25, 0.3) is 5.69 Å². The summed E-state index contributed by atoms with van der Waals surface area (Å²) in [7, 11) is 0. The molecule has 0 saturated heterocycles. The number of rotatable bonds is 5. The van der Waals surface area contributed by atoms with Gasteiger partial charge in [0.1, 0.15) is 12.4 Å². The molecule has 0 radical (unpaired) electrons. The highest BCUT2D eigenvalue weighted by atomic mass is 79.9. The van der Waals surface area contributed by atoms with Crippen LogP contribution in [0.1, 0.15) is 11.1 Å². The van der Waals surface area contributed by atoms with Crippen LogP contribution in [0.25, 0.3) is 0 Å². The minimum atomic E-state index is -0.444. The minimum absolute atomic E-state index is 0.00257. The van der Waals surface area contributed by atoms with E-state index in [9.17, 15) is 10.1 Å². The Balaban J connectivity index is 2.20. The van der Waals surface area contributed by atoms with Gasteiger partial charge in [-0.15, -0.1) is 0 Å². The van der Waals surface area contributed by atoms with Crippen LogP contribution >= 0.6 is 43.5 Å². The molecule has 0 atom stereocenters. The molecule has 0 bridgehead atoms. The summed E-state index contributed by atoms with van der Waals surface area (Å²) in [5.41, 5.74) is 1.47. The van der Waals surface area contributed by atoms with Gasteiger partial charge in [-0.1, -0.05) is 43.5 Å². The zero-order valence-electron chi connectivity index (χ0n) is 10.7. The second kappa shape index (κ2) is 7.24. The summed E-state index contributed by atoms with van der Waals surface area (Å²) in [4.78, 5) is 10.5. The van der Waals surface area contributed by atoms with Gasteiger partial charge in [0.2, 0.25) is 0 Å². The van der Waals surface area contributed by atoms with E-state index in [1.807, 2.05) is 12.1 Å². The largest absolute Gasteiger partial charge is 0.489 e. The lowest BCUT2D eigenvalue weighted by molar-refractivity contribution is -0.385. The maximum absolute atomic E-state index is 11.0. The average molecular weight is 435 g/mol. The summed E-state index contributed by atoms with van der Waals surface area (Å²) in [6.45, 7) is 0.0836. The lowest BCUT2D eigenvalue weighted by Crippen LogP contribution is -2.01. The van der Waals surface area contributed by atoms with Crippen molar-refractivity contribution in [3.8, 4) is 5.75 Å². The van der Waals surface area contributed by atoms with Crippen LogP contribution in [0.2, 0.25) is 5.02 Å². The Morgan fingerprint density at radius 1 is 1.19 bits per heavy atom. The Bertz CT molecular complexity index is 679. The van der Waals surface area contributed by atoms with Crippen LogP contribution in [0.4, 0.5) is 5.69 Å². The molecular formula is C14H10Br2ClNO3. The van der Waals surface area contributed by atoms with Gasteiger partial charge in [-0.2, -0.15) is 0 Å². The molecule has 0 aliphatic carbocycles. The number of nitrogens with zero attached hydrogens (tertiary/aromatic N) is 1. The Kier molecular flexibility index (Phi) is 5.61. The van der Waals surface area contributed by atoms with E-state index in [0.717, 1.165) is 10.0 Å². The van der Waals surface area contributed by atoms with Crippen LogP contribution < -0.4 is 4.74 Å². The van der Waals surface area contributed by atoms with E-state index in [1.54, 1.807) is 12.1 Å². The molecule has 0 aliphatic rings. The van der Waals surface area contributed by atoms with Crippen molar-refractivity contribution < 1.29 is 9.66 Å². The molecule has 0 amide bonds. The average Bonchev–Trinajstić information content (AvgIpc) is 2.46. The van der Waals surface area contributed by atoms with Gasteiger partial charge in [0.05, 0.1) is 10.5 Å². The Morgan fingerprint density at radius 2 is 1.95 bits per heavy atom. The molecule has 110 valence electrons. The highest BCUT2D eigenvalue weighted by molar-refractivity contribution is 9.10. The van der Waals surface area contributed by atoms with Crippen LogP contribution in [-0.4, -0.2) is 4.92 Å². The number of halogens is 3. The number of benzene rings is 2. The van der Waals surface area contributed by atoms with Gasteiger partial charge in [0.15, 0.2) is 0 Å². The molecule has 0 heterocycles. The molecule has 4 nitrogen and oxygen atoms in total. The first-order valence-corrected chi connectivity index (χ1v) is 8.20. The number of nitro benzene ring substituents is 1. The summed E-state index contributed by atoms with van der Waals surface area (Å²) >= 11 is 12.7.